The minimum absolute atomic E-state index is 0.0503. The number of hydrogen-bond acceptors (Lipinski definition) is 2. The molecule has 1 saturated heterocycles. The number of aromatic hydroxyl groups is 1. The Bertz CT molecular complexity index is 372. The molecule has 2 rings (SSSR count). The van der Waals surface area contributed by atoms with Crippen LogP contribution in [0, 0.1) is 5.92 Å². The molecule has 1 aliphatic rings. The Morgan fingerprint density at radius 2 is 2.33 bits per heavy atom. The number of carbonyl (C=O) groups excluding carboxylic acids is 1. The van der Waals surface area contributed by atoms with E-state index in [9.17, 15) is 9.90 Å². The second kappa shape index (κ2) is 4.11. The van der Waals surface area contributed by atoms with Gasteiger partial charge in [0.1, 0.15) is 5.75 Å². The second-order valence-corrected chi connectivity index (χ2v) is 4.13. The Kier molecular flexibility index (Phi) is 2.82. The maximum absolute atomic E-state index is 11.4. The Balaban J connectivity index is 2.20. The summed E-state index contributed by atoms with van der Waals surface area (Å²) in [5, 5.41) is 12.9. The molecule has 0 saturated carbocycles. The molecule has 2 N–H and O–H groups in total. The molecular weight excluding hydrogens is 214 g/mol. The van der Waals surface area contributed by atoms with E-state index in [4.69, 9.17) is 11.6 Å². The minimum atomic E-state index is -0.0594. The largest absolute Gasteiger partial charge is 0.508 e. The van der Waals surface area contributed by atoms with Crippen molar-refractivity contribution in [3.05, 3.63) is 28.8 Å². The summed E-state index contributed by atoms with van der Waals surface area (Å²) in [6, 6.07) is 5.01. The number of halogens is 1. The van der Waals surface area contributed by atoms with Crippen LogP contribution in [0.2, 0.25) is 5.02 Å². The van der Waals surface area contributed by atoms with Crippen LogP contribution in [0.5, 0.6) is 5.75 Å². The zero-order valence-corrected chi connectivity index (χ0v) is 8.92. The Labute approximate surface area is 93.1 Å². The predicted octanol–water partition coefficient (Wildman–Crippen LogP) is 1.72. The van der Waals surface area contributed by atoms with Crippen molar-refractivity contribution in [2.24, 2.45) is 5.92 Å². The van der Waals surface area contributed by atoms with Crippen molar-refractivity contribution < 1.29 is 9.90 Å². The van der Waals surface area contributed by atoms with Gasteiger partial charge in [0.15, 0.2) is 0 Å². The normalized spacial score (nSPS) is 20.3. The molecule has 1 unspecified atom stereocenters. The number of phenolic OH excluding ortho intramolecular Hbond substituents is 1. The van der Waals surface area contributed by atoms with Gasteiger partial charge in [-0.05, 0) is 25.0 Å². The number of nitrogens with one attached hydrogen (secondary N) is 1. The second-order valence-electron chi connectivity index (χ2n) is 3.72. The van der Waals surface area contributed by atoms with Crippen LogP contribution in [0.3, 0.4) is 0 Å². The molecule has 1 atom stereocenters. The highest BCUT2D eigenvalue weighted by Gasteiger charge is 2.25. The van der Waals surface area contributed by atoms with Gasteiger partial charge in [-0.25, -0.2) is 0 Å². The predicted molar refractivity (Wildman–Crippen MR) is 57.9 cm³/mol. The summed E-state index contributed by atoms with van der Waals surface area (Å²) in [6.45, 7) is 0.717. The SMILES string of the molecule is O=C1NCCC1Cc1c(O)cccc1Cl. The summed E-state index contributed by atoms with van der Waals surface area (Å²) >= 11 is 5.96. The summed E-state index contributed by atoms with van der Waals surface area (Å²) in [6.07, 6.45) is 1.32. The Morgan fingerprint density at radius 1 is 1.53 bits per heavy atom. The quantitative estimate of drug-likeness (QED) is 0.805. The van der Waals surface area contributed by atoms with Gasteiger partial charge in [-0.1, -0.05) is 17.7 Å². The van der Waals surface area contributed by atoms with Crippen molar-refractivity contribution in [1.29, 1.82) is 0 Å². The van der Waals surface area contributed by atoms with Crippen LogP contribution in [0.4, 0.5) is 0 Å². The third-order valence-corrected chi connectivity index (χ3v) is 3.06. The molecule has 4 heteroatoms. The number of amides is 1. The fraction of sp³-hybridized carbons (Fsp3) is 0.364. The highest BCUT2D eigenvalue weighted by atomic mass is 35.5. The molecule has 1 aromatic rings. The molecular formula is C11H12ClNO2. The lowest BCUT2D eigenvalue weighted by Crippen LogP contribution is -2.20. The van der Waals surface area contributed by atoms with Gasteiger partial charge < -0.3 is 10.4 Å². The zero-order chi connectivity index (χ0) is 10.8. The molecule has 0 bridgehead atoms. The average molecular weight is 226 g/mol. The highest BCUT2D eigenvalue weighted by Crippen LogP contribution is 2.29. The van der Waals surface area contributed by atoms with Crippen LogP contribution in [0.25, 0.3) is 0 Å². The maximum atomic E-state index is 11.4. The van der Waals surface area contributed by atoms with E-state index in [0.717, 1.165) is 6.42 Å². The molecule has 15 heavy (non-hydrogen) atoms. The molecule has 3 nitrogen and oxygen atoms in total. The molecule has 80 valence electrons. The van der Waals surface area contributed by atoms with Crippen LogP contribution in [0.1, 0.15) is 12.0 Å². The molecule has 1 aliphatic heterocycles. The smallest absolute Gasteiger partial charge is 0.223 e. The van der Waals surface area contributed by atoms with E-state index in [0.29, 0.717) is 23.6 Å². The lowest BCUT2D eigenvalue weighted by Gasteiger charge is -2.10. The lowest BCUT2D eigenvalue weighted by molar-refractivity contribution is -0.122. The fourth-order valence-corrected chi connectivity index (χ4v) is 2.08. The van der Waals surface area contributed by atoms with E-state index in [1.54, 1.807) is 18.2 Å². The molecule has 1 aromatic carbocycles. The molecule has 0 spiro atoms. The first-order valence-corrected chi connectivity index (χ1v) is 5.30. The van der Waals surface area contributed by atoms with Crippen molar-refractivity contribution >= 4 is 17.5 Å². The molecule has 0 aromatic heterocycles. The van der Waals surface area contributed by atoms with Crippen molar-refractivity contribution in [1.82, 2.24) is 5.32 Å². The number of rotatable bonds is 2. The van der Waals surface area contributed by atoms with Gasteiger partial charge in [-0.2, -0.15) is 0 Å². The van der Waals surface area contributed by atoms with Gasteiger partial charge in [-0.3, -0.25) is 4.79 Å². The monoisotopic (exact) mass is 225 g/mol. The van der Waals surface area contributed by atoms with Crippen LogP contribution < -0.4 is 5.32 Å². The highest BCUT2D eigenvalue weighted by molar-refractivity contribution is 6.31. The van der Waals surface area contributed by atoms with Crippen LogP contribution >= 0.6 is 11.6 Å². The molecule has 0 radical (unpaired) electrons. The topological polar surface area (TPSA) is 49.3 Å². The lowest BCUT2D eigenvalue weighted by atomic mass is 9.97. The van der Waals surface area contributed by atoms with Crippen LogP contribution in [0.15, 0.2) is 18.2 Å². The third kappa shape index (κ3) is 2.07. The Morgan fingerprint density at radius 3 is 2.93 bits per heavy atom. The summed E-state index contributed by atoms with van der Waals surface area (Å²) in [7, 11) is 0. The Hall–Kier alpha value is -1.22. The number of phenols is 1. The summed E-state index contributed by atoms with van der Waals surface area (Å²) < 4.78 is 0. The van der Waals surface area contributed by atoms with E-state index in [1.807, 2.05) is 0 Å². The summed E-state index contributed by atoms with van der Waals surface area (Å²) in [4.78, 5) is 11.4. The first-order valence-electron chi connectivity index (χ1n) is 4.92. The van der Waals surface area contributed by atoms with Crippen molar-refractivity contribution in [3.8, 4) is 5.75 Å². The van der Waals surface area contributed by atoms with Gasteiger partial charge in [0.2, 0.25) is 5.91 Å². The van der Waals surface area contributed by atoms with Crippen LogP contribution in [-0.4, -0.2) is 17.6 Å². The molecule has 0 aliphatic carbocycles. The van der Waals surface area contributed by atoms with Gasteiger partial charge in [0.25, 0.3) is 0 Å². The minimum Gasteiger partial charge on any atom is -0.508 e. The average Bonchev–Trinajstić information content (AvgIpc) is 2.58. The van der Waals surface area contributed by atoms with Crippen molar-refractivity contribution in [2.75, 3.05) is 6.54 Å². The van der Waals surface area contributed by atoms with Crippen molar-refractivity contribution in [3.63, 3.8) is 0 Å². The molecule has 1 fully saturated rings. The van der Waals surface area contributed by atoms with E-state index in [1.165, 1.54) is 0 Å². The van der Waals surface area contributed by atoms with Gasteiger partial charge in [0, 0.05) is 23.0 Å². The fourth-order valence-electron chi connectivity index (χ4n) is 1.84. The van der Waals surface area contributed by atoms with E-state index < -0.39 is 0 Å². The van der Waals surface area contributed by atoms with Gasteiger partial charge >= 0.3 is 0 Å². The maximum Gasteiger partial charge on any atom is 0.223 e. The number of benzene rings is 1. The summed E-state index contributed by atoms with van der Waals surface area (Å²) in [5.74, 6) is 0.160. The van der Waals surface area contributed by atoms with E-state index in [-0.39, 0.29) is 17.6 Å². The van der Waals surface area contributed by atoms with Gasteiger partial charge in [-0.15, -0.1) is 0 Å². The summed E-state index contributed by atoms with van der Waals surface area (Å²) in [5.41, 5.74) is 0.668. The van der Waals surface area contributed by atoms with Gasteiger partial charge in [0.05, 0.1) is 0 Å². The van der Waals surface area contributed by atoms with Crippen molar-refractivity contribution in [2.45, 2.75) is 12.8 Å². The van der Waals surface area contributed by atoms with E-state index >= 15 is 0 Å². The zero-order valence-electron chi connectivity index (χ0n) is 8.16. The number of hydrogen-bond donors (Lipinski definition) is 2. The molecule has 1 heterocycles. The first kappa shape index (κ1) is 10.3. The third-order valence-electron chi connectivity index (χ3n) is 2.71. The van der Waals surface area contributed by atoms with E-state index in [2.05, 4.69) is 5.32 Å². The molecule has 1 amide bonds. The standard InChI is InChI=1S/C11H12ClNO2/c12-9-2-1-3-10(14)8(9)6-7-4-5-13-11(7)15/h1-3,7,14H,4-6H2,(H,13,15). The first-order chi connectivity index (χ1) is 7.18. The number of carbonyl (C=O) groups is 1. The van der Waals surface area contributed by atoms with Crippen LogP contribution in [-0.2, 0) is 11.2 Å².